The second-order valence-corrected chi connectivity index (χ2v) is 4.65. The second kappa shape index (κ2) is 4.72. The van der Waals surface area contributed by atoms with Crippen LogP contribution in [0, 0.1) is 0 Å². The number of aldehydes is 1. The third-order valence-corrected chi connectivity index (χ3v) is 3.36. The fourth-order valence-electron chi connectivity index (χ4n) is 2.36. The maximum absolute atomic E-state index is 11.3. The van der Waals surface area contributed by atoms with E-state index in [0.717, 1.165) is 11.1 Å². The molecule has 1 saturated heterocycles. The lowest BCUT2D eigenvalue weighted by Crippen LogP contribution is -2.13. The summed E-state index contributed by atoms with van der Waals surface area (Å²) in [4.78, 5) is 21.9. The predicted octanol–water partition coefficient (Wildman–Crippen LogP) is 2.36. The zero-order valence-electron chi connectivity index (χ0n) is 10.3. The summed E-state index contributed by atoms with van der Waals surface area (Å²) < 4.78 is 5.41. The lowest BCUT2D eigenvalue weighted by atomic mass is 9.96. The van der Waals surface area contributed by atoms with Crippen LogP contribution in [0.3, 0.4) is 0 Å². The van der Waals surface area contributed by atoms with Crippen molar-refractivity contribution < 1.29 is 14.0 Å². The number of carbonyl (C=O) groups is 2. The van der Waals surface area contributed by atoms with Gasteiger partial charge in [0.15, 0.2) is 12.0 Å². The van der Waals surface area contributed by atoms with Crippen molar-refractivity contribution in [1.29, 1.82) is 0 Å². The average molecular weight is 255 g/mol. The number of amides is 1. The molecule has 0 spiro atoms. The van der Waals surface area contributed by atoms with E-state index in [1.54, 1.807) is 12.1 Å². The van der Waals surface area contributed by atoms with Gasteiger partial charge >= 0.3 is 0 Å². The molecule has 3 rings (SSSR count). The first-order chi connectivity index (χ1) is 9.26. The van der Waals surface area contributed by atoms with Gasteiger partial charge in [-0.2, -0.15) is 0 Å². The van der Waals surface area contributed by atoms with Gasteiger partial charge in [0.05, 0.1) is 0 Å². The highest BCUT2D eigenvalue weighted by atomic mass is 16.3. The number of rotatable bonds is 3. The standard InChI is InChI=1S/C15H13NO3/c17-9-13-4-5-14(19-13)11-3-1-2-10(6-11)12-7-15(18)16-8-12/h1-6,9,12H,7-8H2,(H,16,18). The van der Waals surface area contributed by atoms with Gasteiger partial charge < -0.3 is 9.73 Å². The maximum atomic E-state index is 11.3. The van der Waals surface area contributed by atoms with Crippen LogP contribution in [0.15, 0.2) is 40.8 Å². The number of carbonyl (C=O) groups excluding carboxylic acids is 2. The molecular weight excluding hydrogens is 242 g/mol. The molecule has 0 aliphatic carbocycles. The van der Waals surface area contributed by atoms with Crippen molar-refractivity contribution in [2.45, 2.75) is 12.3 Å². The molecule has 96 valence electrons. The predicted molar refractivity (Wildman–Crippen MR) is 69.9 cm³/mol. The van der Waals surface area contributed by atoms with E-state index in [4.69, 9.17) is 4.42 Å². The van der Waals surface area contributed by atoms with Crippen LogP contribution in [0.1, 0.15) is 28.5 Å². The van der Waals surface area contributed by atoms with Crippen molar-refractivity contribution in [3.8, 4) is 11.3 Å². The van der Waals surface area contributed by atoms with Crippen molar-refractivity contribution in [2.24, 2.45) is 0 Å². The summed E-state index contributed by atoms with van der Waals surface area (Å²) in [7, 11) is 0. The van der Waals surface area contributed by atoms with E-state index < -0.39 is 0 Å². The van der Waals surface area contributed by atoms with E-state index in [9.17, 15) is 9.59 Å². The molecule has 19 heavy (non-hydrogen) atoms. The van der Waals surface area contributed by atoms with Crippen molar-refractivity contribution in [2.75, 3.05) is 6.54 Å². The van der Waals surface area contributed by atoms with E-state index in [0.29, 0.717) is 30.8 Å². The number of nitrogens with one attached hydrogen (secondary N) is 1. The zero-order valence-corrected chi connectivity index (χ0v) is 10.3. The Kier molecular flexibility index (Phi) is 2.91. The molecule has 0 saturated carbocycles. The van der Waals surface area contributed by atoms with Gasteiger partial charge in [0.1, 0.15) is 5.76 Å². The van der Waals surface area contributed by atoms with Gasteiger partial charge in [-0.05, 0) is 23.8 Å². The zero-order chi connectivity index (χ0) is 13.2. The van der Waals surface area contributed by atoms with Crippen molar-refractivity contribution in [3.05, 3.63) is 47.7 Å². The topological polar surface area (TPSA) is 59.3 Å². The minimum atomic E-state index is 0.0941. The molecule has 0 radical (unpaired) electrons. The van der Waals surface area contributed by atoms with Crippen LogP contribution < -0.4 is 5.32 Å². The second-order valence-electron chi connectivity index (χ2n) is 4.65. The third-order valence-electron chi connectivity index (χ3n) is 3.36. The summed E-state index contributed by atoms with van der Waals surface area (Å²) in [6.45, 7) is 0.681. The molecule has 1 aromatic heterocycles. The maximum Gasteiger partial charge on any atom is 0.220 e. The summed E-state index contributed by atoms with van der Waals surface area (Å²) in [6.07, 6.45) is 1.22. The Hall–Kier alpha value is -2.36. The van der Waals surface area contributed by atoms with Gasteiger partial charge in [0, 0.05) is 24.4 Å². The van der Waals surface area contributed by atoms with Crippen LogP contribution in [-0.2, 0) is 4.79 Å². The van der Waals surface area contributed by atoms with E-state index in [2.05, 4.69) is 5.32 Å². The van der Waals surface area contributed by atoms with Crippen LogP contribution in [0.5, 0.6) is 0 Å². The summed E-state index contributed by atoms with van der Waals surface area (Å²) in [5.74, 6) is 1.30. The van der Waals surface area contributed by atoms with Gasteiger partial charge in [-0.15, -0.1) is 0 Å². The number of furan rings is 1. The molecule has 1 N–H and O–H groups in total. The highest BCUT2D eigenvalue weighted by Gasteiger charge is 2.23. The molecule has 1 aliphatic rings. The Morgan fingerprint density at radius 3 is 2.84 bits per heavy atom. The van der Waals surface area contributed by atoms with Crippen LogP contribution in [0.4, 0.5) is 0 Å². The van der Waals surface area contributed by atoms with Crippen LogP contribution in [0.25, 0.3) is 11.3 Å². The summed E-state index contributed by atoms with van der Waals surface area (Å²) in [5.41, 5.74) is 2.03. The molecule has 1 aromatic carbocycles. The van der Waals surface area contributed by atoms with E-state index in [1.165, 1.54) is 0 Å². The number of benzene rings is 1. The summed E-state index contributed by atoms with van der Waals surface area (Å²) in [6, 6.07) is 11.3. The van der Waals surface area contributed by atoms with Gasteiger partial charge in [-0.1, -0.05) is 18.2 Å². The van der Waals surface area contributed by atoms with Gasteiger partial charge in [0.2, 0.25) is 5.91 Å². The highest BCUT2D eigenvalue weighted by molar-refractivity contribution is 5.79. The SMILES string of the molecule is O=Cc1ccc(-c2cccc(C3CNC(=O)C3)c2)o1. The molecule has 4 heteroatoms. The van der Waals surface area contributed by atoms with Gasteiger partial charge in [-0.25, -0.2) is 0 Å². The van der Waals surface area contributed by atoms with Crippen LogP contribution in [0.2, 0.25) is 0 Å². The minimum Gasteiger partial charge on any atom is -0.453 e. The van der Waals surface area contributed by atoms with E-state index >= 15 is 0 Å². The van der Waals surface area contributed by atoms with E-state index in [1.807, 2.05) is 24.3 Å². The molecule has 1 fully saturated rings. The van der Waals surface area contributed by atoms with Gasteiger partial charge in [0.25, 0.3) is 0 Å². The molecule has 1 atom stereocenters. The molecule has 1 amide bonds. The third kappa shape index (κ3) is 2.29. The first kappa shape index (κ1) is 11.7. The Balaban J connectivity index is 1.91. The molecule has 2 heterocycles. The van der Waals surface area contributed by atoms with Crippen molar-refractivity contribution >= 4 is 12.2 Å². The lowest BCUT2D eigenvalue weighted by Gasteiger charge is -2.08. The lowest BCUT2D eigenvalue weighted by molar-refractivity contribution is -0.119. The van der Waals surface area contributed by atoms with Crippen molar-refractivity contribution in [1.82, 2.24) is 5.32 Å². The molecule has 1 unspecified atom stereocenters. The smallest absolute Gasteiger partial charge is 0.220 e. The quantitative estimate of drug-likeness (QED) is 0.856. The normalized spacial score (nSPS) is 18.3. The number of hydrogen-bond acceptors (Lipinski definition) is 3. The van der Waals surface area contributed by atoms with Crippen molar-refractivity contribution in [3.63, 3.8) is 0 Å². The minimum absolute atomic E-state index is 0.0941. The summed E-state index contributed by atoms with van der Waals surface area (Å²) in [5, 5.41) is 2.83. The fourth-order valence-corrected chi connectivity index (χ4v) is 2.36. The largest absolute Gasteiger partial charge is 0.453 e. The molecule has 4 nitrogen and oxygen atoms in total. The molecule has 2 aromatic rings. The molecule has 0 bridgehead atoms. The van der Waals surface area contributed by atoms with Crippen LogP contribution >= 0.6 is 0 Å². The molecular formula is C15H13NO3. The van der Waals surface area contributed by atoms with E-state index in [-0.39, 0.29) is 11.8 Å². The monoisotopic (exact) mass is 255 g/mol. The Bertz CT molecular complexity index is 630. The van der Waals surface area contributed by atoms with Crippen LogP contribution in [-0.4, -0.2) is 18.7 Å². The molecule has 1 aliphatic heterocycles. The number of hydrogen-bond donors (Lipinski definition) is 1. The average Bonchev–Trinajstić information content (AvgIpc) is 3.07. The Morgan fingerprint density at radius 1 is 1.26 bits per heavy atom. The Labute approximate surface area is 110 Å². The van der Waals surface area contributed by atoms with Gasteiger partial charge in [-0.3, -0.25) is 9.59 Å². The fraction of sp³-hybridized carbons (Fsp3) is 0.200. The highest BCUT2D eigenvalue weighted by Crippen LogP contribution is 2.28. The Morgan fingerprint density at radius 2 is 2.16 bits per heavy atom. The first-order valence-corrected chi connectivity index (χ1v) is 6.18. The first-order valence-electron chi connectivity index (χ1n) is 6.18. The summed E-state index contributed by atoms with van der Waals surface area (Å²) >= 11 is 0.